The third-order valence-electron chi connectivity index (χ3n) is 5.25. The lowest BCUT2D eigenvalue weighted by Gasteiger charge is -2.27. The van der Waals surface area contributed by atoms with Gasteiger partial charge < -0.3 is 0 Å². The number of fused-ring (bicyclic) bond motifs is 8. The average Bonchev–Trinajstić information content (AvgIpc) is 2.68. The standard InChI is InChI=1S/C24H14S2/c1-3-9-17-15(7-1)19-11-5-13-21(23(17)19)25-26-22-14-6-12-20-16-8-2-4-10-18(16)24(20)22/h1-14H. The van der Waals surface area contributed by atoms with Crippen molar-refractivity contribution in [2.75, 3.05) is 0 Å². The molecule has 26 heavy (non-hydrogen) atoms. The fraction of sp³-hybridized carbons (Fsp3) is 0. The van der Waals surface area contributed by atoms with Crippen LogP contribution in [0.1, 0.15) is 0 Å². The second-order valence-electron chi connectivity index (χ2n) is 6.62. The zero-order valence-corrected chi connectivity index (χ0v) is 15.5. The van der Waals surface area contributed by atoms with Gasteiger partial charge in [-0.05, 0) is 45.5 Å². The Morgan fingerprint density at radius 1 is 0.346 bits per heavy atom. The Morgan fingerprint density at radius 3 is 1.19 bits per heavy atom. The van der Waals surface area contributed by atoms with Gasteiger partial charge in [-0.25, -0.2) is 0 Å². The van der Waals surface area contributed by atoms with Gasteiger partial charge in [0.25, 0.3) is 0 Å². The first-order chi connectivity index (χ1) is 12.9. The molecule has 2 aliphatic carbocycles. The van der Waals surface area contributed by atoms with Crippen molar-refractivity contribution in [2.24, 2.45) is 0 Å². The summed E-state index contributed by atoms with van der Waals surface area (Å²) in [5.74, 6) is 0. The molecule has 0 N–H and O–H groups in total. The number of rotatable bonds is 3. The maximum absolute atomic E-state index is 2.25. The molecular formula is C24H14S2. The molecule has 0 nitrogen and oxygen atoms in total. The van der Waals surface area contributed by atoms with Crippen LogP contribution < -0.4 is 0 Å². The third kappa shape index (κ3) is 1.94. The molecule has 0 saturated carbocycles. The van der Waals surface area contributed by atoms with Gasteiger partial charge in [0.15, 0.2) is 0 Å². The van der Waals surface area contributed by atoms with E-state index in [1.807, 2.05) is 21.6 Å². The topological polar surface area (TPSA) is 0 Å². The van der Waals surface area contributed by atoms with Crippen LogP contribution in [0.25, 0.3) is 44.5 Å². The molecule has 0 radical (unpaired) electrons. The van der Waals surface area contributed by atoms with Gasteiger partial charge in [0.1, 0.15) is 0 Å². The molecule has 0 amide bonds. The van der Waals surface area contributed by atoms with E-state index in [0.717, 1.165) is 0 Å². The van der Waals surface area contributed by atoms with Crippen molar-refractivity contribution < 1.29 is 0 Å². The average molecular weight is 367 g/mol. The molecule has 0 saturated heterocycles. The van der Waals surface area contributed by atoms with Crippen molar-refractivity contribution in [2.45, 2.75) is 9.79 Å². The zero-order chi connectivity index (χ0) is 17.1. The highest BCUT2D eigenvalue weighted by molar-refractivity contribution is 8.76. The lowest BCUT2D eigenvalue weighted by atomic mass is 9.81. The first-order valence-corrected chi connectivity index (χ1v) is 10.9. The first-order valence-electron chi connectivity index (χ1n) is 8.72. The summed E-state index contributed by atoms with van der Waals surface area (Å²) in [5.41, 5.74) is 11.1. The van der Waals surface area contributed by atoms with E-state index in [1.165, 1.54) is 54.3 Å². The summed E-state index contributed by atoms with van der Waals surface area (Å²) >= 11 is 0. The largest absolute Gasteiger partial charge is 0.0616 e. The van der Waals surface area contributed by atoms with E-state index in [0.29, 0.717) is 0 Å². The normalized spacial score (nSPS) is 12.2. The molecule has 0 aromatic heterocycles. The highest BCUT2D eigenvalue weighted by Crippen LogP contribution is 2.57. The number of hydrogen-bond acceptors (Lipinski definition) is 2. The molecule has 4 aromatic rings. The van der Waals surface area contributed by atoms with Crippen molar-refractivity contribution in [3.8, 4) is 44.5 Å². The second kappa shape index (κ2) is 5.54. The molecule has 6 rings (SSSR count). The van der Waals surface area contributed by atoms with E-state index in [2.05, 4.69) is 84.9 Å². The van der Waals surface area contributed by atoms with Crippen LogP contribution in [0.2, 0.25) is 0 Å². The Bertz CT molecular complexity index is 1100. The lowest BCUT2D eigenvalue weighted by molar-refractivity contribution is 1.39. The SMILES string of the molecule is c1ccc2c(c1)-c1cccc(SSc3cccc4c3-c3ccccc3-4)c1-2. The molecule has 0 heterocycles. The summed E-state index contributed by atoms with van der Waals surface area (Å²) in [5, 5.41) is 0. The van der Waals surface area contributed by atoms with Crippen molar-refractivity contribution in [1.29, 1.82) is 0 Å². The number of hydrogen-bond donors (Lipinski definition) is 0. The molecule has 0 atom stereocenters. The van der Waals surface area contributed by atoms with Gasteiger partial charge in [-0.3, -0.25) is 0 Å². The monoisotopic (exact) mass is 366 g/mol. The Morgan fingerprint density at radius 2 is 0.731 bits per heavy atom. The van der Waals surface area contributed by atoms with Gasteiger partial charge >= 0.3 is 0 Å². The van der Waals surface area contributed by atoms with Gasteiger partial charge in [0.2, 0.25) is 0 Å². The molecule has 122 valence electrons. The van der Waals surface area contributed by atoms with Crippen LogP contribution in [0.4, 0.5) is 0 Å². The third-order valence-corrected chi connectivity index (χ3v) is 7.70. The van der Waals surface area contributed by atoms with E-state index in [4.69, 9.17) is 0 Å². The smallest absolute Gasteiger partial charge is 0.0271 e. The highest BCUT2D eigenvalue weighted by atomic mass is 33.1. The van der Waals surface area contributed by atoms with E-state index in [-0.39, 0.29) is 0 Å². The van der Waals surface area contributed by atoms with E-state index in [9.17, 15) is 0 Å². The van der Waals surface area contributed by atoms with Crippen LogP contribution in [0.15, 0.2) is 94.7 Å². The minimum absolute atomic E-state index is 1.36. The molecule has 0 fully saturated rings. The minimum atomic E-state index is 1.36. The maximum Gasteiger partial charge on any atom is 0.0271 e. The van der Waals surface area contributed by atoms with Gasteiger partial charge in [-0.1, -0.05) is 94.4 Å². The first kappa shape index (κ1) is 14.7. The van der Waals surface area contributed by atoms with E-state index < -0.39 is 0 Å². The summed E-state index contributed by atoms with van der Waals surface area (Å²) < 4.78 is 0. The Balaban J connectivity index is 1.34. The Labute approximate surface area is 160 Å². The second-order valence-corrected chi connectivity index (χ2v) is 8.83. The Kier molecular flexibility index (Phi) is 3.13. The molecule has 4 aromatic carbocycles. The zero-order valence-electron chi connectivity index (χ0n) is 13.9. The summed E-state index contributed by atoms with van der Waals surface area (Å²) in [6.07, 6.45) is 0. The van der Waals surface area contributed by atoms with Gasteiger partial charge in [-0.15, -0.1) is 0 Å². The molecular weight excluding hydrogens is 352 g/mol. The van der Waals surface area contributed by atoms with Crippen molar-refractivity contribution in [3.63, 3.8) is 0 Å². The summed E-state index contributed by atoms with van der Waals surface area (Å²) in [4.78, 5) is 2.72. The minimum Gasteiger partial charge on any atom is -0.0616 e. The quantitative estimate of drug-likeness (QED) is 0.293. The van der Waals surface area contributed by atoms with Gasteiger partial charge in [-0.2, -0.15) is 0 Å². The molecule has 0 bridgehead atoms. The van der Waals surface area contributed by atoms with E-state index >= 15 is 0 Å². The molecule has 2 heteroatoms. The summed E-state index contributed by atoms with van der Waals surface area (Å²) in [6.45, 7) is 0. The number of benzene rings is 4. The van der Waals surface area contributed by atoms with Crippen LogP contribution >= 0.6 is 21.6 Å². The predicted molar refractivity (Wildman–Crippen MR) is 113 cm³/mol. The Hall–Kier alpha value is -2.42. The maximum atomic E-state index is 2.25. The predicted octanol–water partition coefficient (Wildman–Crippen LogP) is 7.78. The van der Waals surface area contributed by atoms with Crippen molar-refractivity contribution >= 4 is 21.6 Å². The molecule has 0 unspecified atom stereocenters. The lowest BCUT2D eigenvalue weighted by Crippen LogP contribution is -2.00. The summed E-state index contributed by atoms with van der Waals surface area (Å²) in [6, 6.07) is 30.7. The van der Waals surface area contributed by atoms with E-state index in [1.54, 1.807) is 0 Å². The van der Waals surface area contributed by atoms with Gasteiger partial charge in [0.05, 0.1) is 0 Å². The molecule has 0 spiro atoms. The fourth-order valence-corrected chi connectivity index (χ4v) is 6.47. The van der Waals surface area contributed by atoms with Crippen LogP contribution in [0.3, 0.4) is 0 Å². The molecule has 0 aliphatic heterocycles. The van der Waals surface area contributed by atoms with Crippen LogP contribution in [0.5, 0.6) is 0 Å². The molecule has 2 aliphatic rings. The van der Waals surface area contributed by atoms with Gasteiger partial charge in [0, 0.05) is 20.9 Å². The van der Waals surface area contributed by atoms with Crippen molar-refractivity contribution in [3.05, 3.63) is 84.9 Å². The van der Waals surface area contributed by atoms with Crippen LogP contribution in [0, 0.1) is 0 Å². The summed E-state index contributed by atoms with van der Waals surface area (Å²) in [7, 11) is 3.75. The van der Waals surface area contributed by atoms with Crippen LogP contribution in [-0.2, 0) is 0 Å². The van der Waals surface area contributed by atoms with Crippen LogP contribution in [-0.4, -0.2) is 0 Å². The highest BCUT2D eigenvalue weighted by Gasteiger charge is 2.27. The fourth-order valence-electron chi connectivity index (χ4n) is 4.04. The van der Waals surface area contributed by atoms with Crippen molar-refractivity contribution in [1.82, 2.24) is 0 Å².